The fourth-order valence-electron chi connectivity index (χ4n) is 2.39. The molecule has 1 nitrogen and oxygen atoms in total. The fraction of sp³-hybridized carbons (Fsp3) is 0.682. The second kappa shape index (κ2) is 23.2. The van der Waals surface area contributed by atoms with Crippen molar-refractivity contribution in [2.45, 2.75) is 91.4 Å². The molecule has 0 fully saturated rings. The first kappa shape index (κ1) is 24.1. The van der Waals surface area contributed by atoms with E-state index in [4.69, 9.17) is 0 Å². The highest BCUT2D eigenvalue weighted by molar-refractivity contribution is 5.65. The van der Waals surface area contributed by atoms with Crippen LogP contribution in [0.1, 0.15) is 91.4 Å². The van der Waals surface area contributed by atoms with E-state index in [2.05, 4.69) is 33.4 Å². The van der Waals surface area contributed by atoms with Crippen LogP contribution >= 0.6 is 0 Å². The highest BCUT2D eigenvalue weighted by Crippen LogP contribution is 2.14. The lowest BCUT2D eigenvalue weighted by Gasteiger charge is -2.08. The Kier molecular flexibility index (Phi) is 24.3. The highest BCUT2D eigenvalue weighted by Gasteiger charge is 1.99. The van der Waals surface area contributed by atoms with Gasteiger partial charge in [0.05, 0.1) is 0 Å². The molecular formula is C22H40O. The third-order valence-corrected chi connectivity index (χ3v) is 3.80. The summed E-state index contributed by atoms with van der Waals surface area (Å²) in [6, 6.07) is 0. The van der Waals surface area contributed by atoms with E-state index in [1.54, 1.807) is 6.08 Å². The number of hydrogen-bond donors (Lipinski definition) is 0. The maximum absolute atomic E-state index is 9.82. The van der Waals surface area contributed by atoms with E-state index < -0.39 is 0 Å². The van der Waals surface area contributed by atoms with E-state index in [1.807, 2.05) is 12.2 Å². The number of rotatable bonds is 14. The molecule has 1 atom stereocenters. The lowest BCUT2D eigenvalue weighted by molar-refractivity contribution is -0.104. The molecule has 0 aromatic rings. The summed E-state index contributed by atoms with van der Waals surface area (Å²) in [6.07, 6.45) is 24.5. The number of unbranched alkanes of at least 4 members (excludes halogenated alkanes) is 6. The standard InChI is InChI=1S/C12H24.C10H16O/c1-4-6-7-8-9-11-12(3)10-5-2;1-2-3-4-5-6-7-8-9-10-11/h4,12H,1,5-11H2,2-3H3;6-10H,2-5H2,1H3. The molecule has 0 bridgehead atoms. The average molecular weight is 321 g/mol. The second-order valence-electron chi connectivity index (χ2n) is 6.27. The predicted molar refractivity (Wildman–Crippen MR) is 106 cm³/mol. The minimum atomic E-state index is 0.788. The summed E-state index contributed by atoms with van der Waals surface area (Å²) in [5.41, 5.74) is 0. The van der Waals surface area contributed by atoms with Crippen molar-refractivity contribution in [1.29, 1.82) is 0 Å². The second-order valence-corrected chi connectivity index (χ2v) is 6.27. The Morgan fingerprint density at radius 1 is 0.826 bits per heavy atom. The first-order valence-corrected chi connectivity index (χ1v) is 9.60. The Hall–Kier alpha value is -1.11. The van der Waals surface area contributed by atoms with Crippen LogP contribution in [0.3, 0.4) is 0 Å². The van der Waals surface area contributed by atoms with Gasteiger partial charge >= 0.3 is 0 Å². The van der Waals surface area contributed by atoms with Crippen molar-refractivity contribution in [3.63, 3.8) is 0 Å². The van der Waals surface area contributed by atoms with Crippen LogP contribution < -0.4 is 0 Å². The summed E-state index contributed by atoms with van der Waals surface area (Å²) in [4.78, 5) is 9.82. The molecule has 0 spiro atoms. The summed E-state index contributed by atoms with van der Waals surface area (Å²) in [5.74, 6) is 0.943. The van der Waals surface area contributed by atoms with E-state index in [0.717, 1.165) is 18.6 Å². The van der Waals surface area contributed by atoms with Gasteiger partial charge in [0.25, 0.3) is 0 Å². The zero-order valence-electron chi connectivity index (χ0n) is 15.9. The summed E-state index contributed by atoms with van der Waals surface area (Å²) in [6.45, 7) is 10.6. The van der Waals surface area contributed by atoms with Crippen LogP contribution in [0.15, 0.2) is 37.0 Å². The molecule has 1 unspecified atom stereocenters. The van der Waals surface area contributed by atoms with Gasteiger partial charge in [-0.25, -0.2) is 0 Å². The first-order valence-electron chi connectivity index (χ1n) is 9.60. The van der Waals surface area contributed by atoms with Gasteiger partial charge < -0.3 is 0 Å². The van der Waals surface area contributed by atoms with Crippen molar-refractivity contribution in [2.75, 3.05) is 0 Å². The third-order valence-electron chi connectivity index (χ3n) is 3.80. The minimum absolute atomic E-state index is 0.788. The Balaban J connectivity index is 0. The van der Waals surface area contributed by atoms with Gasteiger partial charge in [-0.2, -0.15) is 0 Å². The summed E-state index contributed by atoms with van der Waals surface area (Å²) in [7, 11) is 0. The fourth-order valence-corrected chi connectivity index (χ4v) is 2.39. The zero-order chi connectivity index (χ0) is 17.6. The number of hydrogen-bond acceptors (Lipinski definition) is 1. The van der Waals surface area contributed by atoms with Crippen molar-refractivity contribution >= 4 is 6.29 Å². The van der Waals surface area contributed by atoms with Crippen molar-refractivity contribution in [1.82, 2.24) is 0 Å². The van der Waals surface area contributed by atoms with Gasteiger partial charge in [0.2, 0.25) is 0 Å². The lowest BCUT2D eigenvalue weighted by Crippen LogP contribution is -1.93. The van der Waals surface area contributed by atoms with Crippen molar-refractivity contribution in [3.8, 4) is 0 Å². The number of carbonyl (C=O) groups is 1. The molecule has 0 aromatic heterocycles. The monoisotopic (exact) mass is 320 g/mol. The third kappa shape index (κ3) is 26.1. The molecule has 0 aliphatic heterocycles. The Labute approximate surface area is 146 Å². The molecule has 0 saturated carbocycles. The molecular weight excluding hydrogens is 280 g/mol. The van der Waals surface area contributed by atoms with E-state index in [1.165, 1.54) is 70.3 Å². The van der Waals surface area contributed by atoms with Crippen LogP contribution in [-0.2, 0) is 4.79 Å². The molecule has 0 amide bonds. The van der Waals surface area contributed by atoms with Gasteiger partial charge in [0.1, 0.15) is 6.29 Å². The van der Waals surface area contributed by atoms with Crippen LogP contribution in [0.4, 0.5) is 0 Å². The minimum Gasteiger partial charge on any atom is -0.299 e. The molecule has 0 rings (SSSR count). The molecule has 134 valence electrons. The maximum atomic E-state index is 9.82. The molecule has 1 heteroatoms. The van der Waals surface area contributed by atoms with Crippen LogP contribution in [0.5, 0.6) is 0 Å². The highest BCUT2D eigenvalue weighted by atomic mass is 16.1. The van der Waals surface area contributed by atoms with Crippen LogP contribution in [-0.4, -0.2) is 6.29 Å². The first-order chi connectivity index (χ1) is 11.2. The molecule has 0 aliphatic rings. The van der Waals surface area contributed by atoms with E-state index in [-0.39, 0.29) is 0 Å². The summed E-state index contributed by atoms with van der Waals surface area (Å²) in [5, 5.41) is 0. The van der Waals surface area contributed by atoms with E-state index in [9.17, 15) is 4.79 Å². The number of aldehydes is 1. The Bertz CT molecular complexity index is 288. The smallest absolute Gasteiger partial charge is 0.142 e. The van der Waals surface area contributed by atoms with E-state index in [0.29, 0.717) is 0 Å². The number of allylic oxidation sites excluding steroid dienone is 5. The van der Waals surface area contributed by atoms with Gasteiger partial charge in [-0.15, -0.1) is 6.58 Å². The van der Waals surface area contributed by atoms with Gasteiger partial charge in [-0.3, -0.25) is 4.79 Å². The topological polar surface area (TPSA) is 17.1 Å². The number of carbonyl (C=O) groups excluding carboxylic acids is 1. The van der Waals surface area contributed by atoms with Crippen LogP contribution in [0, 0.1) is 5.92 Å². The maximum Gasteiger partial charge on any atom is 0.142 e. The predicted octanol–water partition coefficient (Wildman–Crippen LogP) is 7.44. The van der Waals surface area contributed by atoms with Crippen molar-refractivity contribution in [2.24, 2.45) is 5.92 Å². The quantitative estimate of drug-likeness (QED) is 0.107. The summed E-state index contributed by atoms with van der Waals surface area (Å²) < 4.78 is 0. The molecule has 0 saturated heterocycles. The summed E-state index contributed by atoms with van der Waals surface area (Å²) >= 11 is 0. The SMILES string of the molecule is C=CCCCCCC(C)CCC.CCCCCC=CC=CC=O. The molecule has 0 aromatic carbocycles. The van der Waals surface area contributed by atoms with Gasteiger partial charge in [-0.05, 0) is 37.7 Å². The molecule has 0 N–H and O–H groups in total. The van der Waals surface area contributed by atoms with Gasteiger partial charge in [-0.1, -0.05) is 90.0 Å². The molecule has 23 heavy (non-hydrogen) atoms. The van der Waals surface area contributed by atoms with Gasteiger partial charge in [0.15, 0.2) is 0 Å². The van der Waals surface area contributed by atoms with Crippen LogP contribution in [0.25, 0.3) is 0 Å². The normalized spacial score (nSPS) is 12.1. The molecule has 0 aliphatic carbocycles. The molecule has 0 heterocycles. The zero-order valence-corrected chi connectivity index (χ0v) is 15.9. The Morgan fingerprint density at radius 2 is 1.57 bits per heavy atom. The van der Waals surface area contributed by atoms with Crippen molar-refractivity contribution in [3.05, 3.63) is 37.0 Å². The molecule has 0 radical (unpaired) electrons. The van der Waals surface area contributed by atoms with Gasteiger partial charge in [0, 0.05) is 0 Å². The Morgan fingerprint density at radius 3 is 2.17 bits per heavy atom. The lowest BCUT2D eigenvalue weighted by atomic mass is 9.98. The van der Waals surface area contributed by atoms with E-state index >= 15 is 0 Å². The van der Waals surface area contributed by atoms with Crippen LogP contribution in [0.2, 0.25) is 0 Å². The van der Waals surface area contributed by atoms with Crippen molar-refractivity contribution < 1.29 is 4.79 Å². The average Bonchev–Trinajstić information content (AvgIpc) is 2.55. The largest absolute Gasteiger partial charge is 0.299 e.